The summed E-state index contributed by atoms with van der Waals surface area (Å²) in [5, 5.41) is 3.15. The van der Waals surface area contributed by atoms with Crippen molar-refractivity contribution in [3.8, 4) is 0 Å². The maximum absolute atomic E-state index is 14.5. The van der Waals surface area contributed by atoms with Gasteiger partial charge in [0.2, 0.25) is 0 Å². The summed E-state index contributed by atoms with van der Waals surface area (Å²) in [6, 6.07) is 1.96. The molecule has 0 atom stereocenters. The van der Waals surface area contributed by atoms with Crippen LogP contribution in [0.4, 0.5) is 22.0 Å². The van der Waals surface area contributed by atoms with Gasteiger partial charge in [-0.2, -0.15) is 13.2 Å². The molecule has 8 heteroatoms. The smallest absolute Gasteiger partial charge is 0.339 e. The Balaban J connectivity index is 1.73. The van der Waals surface area contributed by atoms with Gasteiger partial charge in [-0.15, -0.1) is 0 Å². The molecule has 0 unspecified atom stereocenters. The van der Waals surface area contributed by atoms with Crippen molar-refractivity contribution in [1.82, 2.24) is 10.2 Å². The van der Waals surface area contributed by atoms with Crippen LogP contribution in [0, 0.1) is 17.6 Å². The molecule has 3 rings (SSSR count). The van der Waals surface area contributed by atoms with E-state index in [0.717, 1.165) is 25.2 Å². The minimum atomic E-state index is -4.29. The van der Waals surface area contributed by atoms with E-state index in [1.54, 1.807) is 0 Å². The van der Waals surface area contributed by atoms with Gasteiger partial charge >= 0.3 is 6.18 Å². The average molecular weight is 376 g/mol. The zero-order valence-corrected chi connectivity index (χ0v) is 14.2. The summed E-state index contributed by atoms with van der Waals surface area (Å²) < 4.78 is 67.0. The lowest BCUT2D eigenvalue weighted by Crippen LogP contribution is -2.42. The van der Waals surface area contributed by atoms with Crippen molar-refractivity contribution in [2.24, 2.45) is 5.92 Å². The molecule has 144 valence electrons. The van der Waals surface area contributed by atoms with E-state index in [9.17, 15) is 26.7 Å². The van der Waals surface area contributed by atoms with Crippen molar-refractivity contribution in [3.05, 3.63) is 34.9 Å². The van der Waals surface area contributed by atoms with E-state index in [1.165, 1.54) is 4.90 Å². The molecule has 0 radical (unpaired) electrons. The van der Waals surface area contributed by atoms with Crippen LogP contribution in [0.25, 0.3) is 0 Å². The molecule has 26 heavy (non-hydrogen) atoms. The third-order valence-corrected chi connectivity index (χ3v) is 5.34. The quantitative estimate of drug-likeness (QED) is 0.796. The summed E-state index contributed by atoms with van der Waals surface area (Å²) in [5.41, 5.74) is -0.151. The van der Waals surface area contributed by atoms with Gasteiger partial charge in [-0.25, -0.2) is 8.78 Å². The molecule has 2 heterocycles. The lowest BCUT2D eigenvalue weighted by atomic mass is 9.89. The van der Waals surface area contributed by atoms with E-state index < -0.39 is 35.2 Å². The maximum atomic E-state index is 14.5. The van der Waals surface area contributed by atoms with E-state index >= 15 is 0 Å². The first-order chi connectivity index (χ1) is 12.3. The largest absolute Gasteiger partial charge is 0.391 e. The van der Waals surface area contributed by atoms with Gasteiger partial charge in [0.1, 0.15) is 11.6 Å². The van der Waals surface area contributed by atoms with Crippen molar-refractivity contribution < 1.29 is 26.7 Å². The molecule has 2 fully saturated rings. The number of alkyl halides is 3. The molecule has 0 bridgehead atoms. The lowest BCUT2D eigenvalue weighted by Gasteiger charge is -2.33. The van der Waals surface area contributed by atoms with E-state index in [1.807, 2.05) is 0 Å². The molecule has 0 aliphatic carbocycles. The summed E-state index contributed by atoms with van der Waals surface area (Å²) in [6.45, 7) is 1.22. The molecule has 2 saturated heterocycles. The predicted molar refractivity (Wildman–Crippen MR) is 85.9 cm³/mol. The van der Waals surface area contributed by atoms with Gasteiger partial charge in [0.25, 0.3) is 5.91 Å². The number of nitrogens with zero attached hydrogens (tertiary/aromatic N) is 1. The second kappa shape index (κ2) is 7.50. The standard InChI is InChI=1S/C18H21F5N2O/c19-15-10-14(16(20)9-13(15)11-1-5-24-6-2-11)17(26)25-7-3-12(4-8-25)18(21,22)23/h9-12,24H,1-8H2. The first-order valence-electron chi connectivity index (χ1n) is 8.83. The predicted octanol–water partition coefficient (Wildman–Crippen LogP) is 3.85. The van der Waals surface area contributed by atoms with Crippen LogP contribution in [0.1, 0.15) is 47.5 Å². The Hall–Kier alpha value is -1.70. The van der Waals surface area contributed by atoms with E-state index in [-0.39, 0.29) is 37.4 Å². The number of hydrogen-bond donors (Lipinski definition) is 1. The maximum Gasteiger partial charge on any atom is 0.391 e. The fourth-order valence-corrected chi connectivity index (χ4v) is 3.75. The highest BCUT2D eigenvalue weighted by atomic mass is 19.4. The zero-order valence-electron chi connectivity index (χ0n) is 14.2. The SMILES string of the molecule is O=C(c1cc(F)c(C2CCNCC2)cc1F)N1CCC(C(F)(F)F)CC1. The van der Waals surface area contributed by atoms with Crippen LogP contribution in [0.3, 0.4) is 0 Å². The summed E-state index contributed by atoms with van der Waals surface area (Å²) in [4.78, 5) is 13.6. The van der Waals surface area contributed by atoms with Crippen molar-refractivity contribution in [2.45, 2.75) is 37.8 Å². The molecule has 2 aliphatic heterocycles. The third kappa shape index (κ3) is 4.00. The Labute approximate surface area is 148 Å². The van der Waals surface area contributed by atoms with Gasteiger partial charge in [-0.3, -0.25) is 4.79 Å². The van der Waals surface area contributed by atoms with E-state index in [0.29, 0.717) is 12.8 Å². The van der Waals surface area contributed by atoms with Crippen LogP contribution in [0.15, 0.2) is 12.1 Å². The Morgan fingerprint density at radius 2 is 1.62 bits per heavy atom. The topological polar surface area (TPSA) is 32.3 Å². The first kappa shape index (κ1) is 19.1. The fourth-order valence-electron chi connectivity index (χ4n) is 3.75. The molecule has 1 amide bonds. The van der Waals surface area contributed by atoms with Crippen molar-refractivity contribution in [2.75, 3.05) is 26.2 Å². The Morgan fingerprint density at radius 1 is 1.00 bits per heavy atom. The number of nitrogens with one attached hydrogen (secondary N) is 1. The van der Waals surface area contributed by atoms with Gasteiger partial charge < -0.3 is 10.2 Å². The van der Waals surface area contributed by atoms with Gasteiger partial charge in [0.05, 0.1) is 11.5 Å². The Bertz CT molecular complexity index is 662. The van der Waals surface area contributed by atoms with Crippen LogP contribution >= 0.6 is 0 Å². The Morgan fingerprint density at radius 3 is 2.19 bits per heavy atom. The first-order valence-corrected chi connectivity index (χ1v) is 8.83. The van der Waals surface area contributed by atoms with Crippen LogP contribution in [0.5, 0.6) is 0 Å². The van der Waals surface area contributed by atoms with Crippen molar-refractivity contribution in [3.63, 3.8) is 0 Å². The molecule has 2 aliphatic rings. The molecule has 3 nitrogen and oxygen atoms in total. The Kier molecular flexibility index (Phi) is 5.50. The van der Waals surface area contributed by atoms with Gasteiger partial charge in [0.15, 0.2) is 0 Å². The molecule has 1 aromatic rings. The monoisotopic (exact) mass is 376 g/mol. The van der Waals surface area contributed by atoms with Gasteiger partial charge in [-0.05, 0) is 62.4 Å². The highest BCUT2D eigenvalue weighted by Crippen LogP contribution is 2.35. The molecule has 1 N–H and O–H groups in total. The highest BCUT2D eigenvalue weighted by molar-refractivity contribution is 5.94. The number of likely N-dealkylation sites (tertiary alicyclic amines) is 1. The van der Waals surface area contributed by atoms with Gasteiger partial charge in [-0.1, -0.05) is 0 Å². The molecule has 0 saturated carbocycles. The highest BCUT2D eigenvalue weighted by Gasteiger charge is 2.42. The fraction of sp³-hybridized carbons (Fsp3) is 0.611. The van der Waals surface area contributed by atoms with Crippen LogP contribution in [0.2, 0.25) is 0 Å². The third-order valence-electron chi connectivity index (χ3n) is 5.34. The zero-order chi connectivity index (χ0) is 18.9. The van der Waals surface area contributed by atoms with Crippen molar-refractivity contribution in [1.29, 1.82) is 0 Å². The summed E-state index contributed by atoms with van der Waals surface area (Å²) >= 11 is 0. The number of carbonyl (C=O) groups is 1. The average Bonchev–Trinajstić information content (AvgIpc) is 2.63. The number of carbonyl (C=O) groups excluding carboxylic acids is 1. The molecule has 0 aromatic heterocycles. The normalized spacial score (nSPS) is 20.4. The summed E-state index contributed by atoms with van der Waals surface area (Å²) in [7, 11) is 0. The van der Waals surface area contributed by atoms with Crippen LogP contribution < -0.4 is 5.32 Å². The van der Waals surface area contributed by atoms with Crippen molar-refractivity contribution >= 4 is 5.91 Å². The van der Waals surface area contributed by atoms with Crippen LogP contribution in [-0.4, -0.2) is 43.2 Å². The van der Waals surface area contributed by atoms with Crippen LogP contribution in [-0.2, 0) is 0 Å². The van der Waals surface area contributed by atoms with E-state index in [2.05, 4.69) is 5.32 Å². The summed E-state index contributed by atoms with van der Waals surface area (Å²) in [6.07, 6.45) is -3.34. The van der Waals surface area contributed by atoms with Gasteiger partial charge in [0, 0.05) is 13.1 Å². The minimum absolute atomic E-state index is 0.0996. The number of benzene rings is 1. The second-order valence-corrected chi connectivity index (χ2v) is 6.99. The minimum Gasteiger partial charge on any atom is -0.339 e. The molecular formula is C18H21F5N2O. The number of halogens is 5. The van der Waals surface area contributed by atoms with E-state index in [4.69, 9.17) is 0 Å². The lowest BCUT2D eigenvalue weighted by molar-refractivity contribution is -0.183. The summed E-state index contributed by atoms with van der Waals surface area (Å²) in [5.74, 6) is -3.75. The molecule has 1 aromatic carbocycles. The number of hydrogen-bond acceptors (Lipinski definition) is 2. The second-order valence-electron chi connectivity index (χ2n) is 6.99. The number of piperidine rings is 2. The molecule has 0 spiro atoms. The number of amides is 1. The molecular weight excluding hydrogens is 355 g/mol. The number of rotatable bonds is 2.